The smallest absolute Gasteiger partial charge is 0.248 e. The van der Waals surface area contributed by atoms with E-state index in [1.807, 2.05) is 4.90 Å². The molecule has 1 amide bonds. The average Bonchev–Trinajstić information content (AvgIpc) is 2.47. The van der Waals surface area contributed by atoms with Crippen LogP contribution >= 0.6 is 0 Å². The highest BCUT2D eigenvalue weighted by Gasteiger charge is 2.26. The van der Waals surface area contributed by atoms with Crippen LogP contribution in [0, 0.1) is 0 Å². The number of rotatable bonds is 2. The number of aromatic nitrogens is 3. The number of carbonyl (C=O) groups excluding carboxylic acids is 1. The second kappa shape index (κ2) is 4.77. The van der Waals surface area contributed by atoms with Crippen LogP contribution in [0.5, 0.6) is 0 Å². The van der Waals surface area contributed by atoms with Gasteiger partial charge in [0.05, 0.1) is 18.7 Å². The lowest BCUT2D eigenvalue weighted by atomic mass is 10.2. The Bertz CT molecular complexity index is 613. The van der Waals surface area contributed by atoms with Gasteiger partial charge in [0, 0.05) is 25.1 Å². The van der Waals surface area contributed by atoms with Gasteiger partial charge in [-0.15, -0.1) is 0 Å². The minimum absolute atomic E-state index is 0.387. The molecule has 19 heavy (non-hydrogen) atoms. The molecule has 1 atom stereocenters. The predicted molar refractivity (Wildman–Crippen MR) is 68.5 cm³/mol. The van der Waals surface area contributed by atoms with E-state index in [1.54, 1.807) is 24.7 Å². The molecule has 3 rings (SSSR count). The number of nitrogens with two attached hydrogens (primary N) is 1. The van der Waals surface area contributed by atoms with Crippen LogP contribution in [-0.4, -0.2) is 46.7 Å². The summed E-state index contributed by atoms with van der Waals surface area (Å²) in [6.45, 7) is 1.47. The number of nitrogens with zero attached hydrogens (tertiary/aromatic N) is 4. The van der Waals surface area contributed by atoms with E-state index in [-0.39, 0.29) is 0 Å². The maximum Gasteiger partial charge on any atom is 0.248 e. The lowest BCUT2D eigenvalue weighted by Crippen LogP contribution is -2.48. The highest BCUT2D eigenvalue weighted by molar-refractivity contribution is 5.86. The first-order valence-corrected chi connectivity index (χ1v) is 5.97. The molecule has 1 aliphatic rings. The summed E-state index contributed by atoms with van der Waals surface area (Å²) in [5, 5.41) is 0. The predicted octanol–water partition coefficient (Wildman–Crippen LogP) is -0.285. The van der Waals surface area contributed by atoms with Crippen LogP contribution in [0.2, 0.25) is 0 Å². The van der Waals surface area contributed by atoms with Gasteiger partial charge in [-0.25, -0.2) is 9.97 Å². The highest BCUT2D eigenvalue weighted by atomic mass is 16.5. The first-order valence-electron chi connectivity index (χ1n) is 5.97. The number of primary amides is 1. The van der Waals surface area contributed by atoms with Gasteiger partial charge in [-0.2, -0.15) is 0 Å². The van der Waals surface area contributed by atoms with E-state index in [9.17, 15) is 4.79 Å². The summed E-state index contributed by atoms with van der Waals surface area (Å²) < 4.78 is 5.32. The highest BCUT2D eigenvalue weighted by Crippen LogP contribution is 2.22. The van der Waals surface area contributed by atoms with Gasteiger partial charge in [0.15, 0.2) is 11.9 Å². The Hall–Kier alpha value is -2.28. The first kappa shape index (κ1) is 11.8. The standard InChI is InChI=1S/C12H13N5O2/c13-11(18)9-7-17(5-6-19-9)12-10-8(1-2-16-12)14-3-4-15-10/h1-4,9H,5-7H2,(H2,13,18). The fraction of sp³-hybridized carbons (Fsp3) is 0.333. The quantitative estimate of drug-likeness (QED) is 0.796. The average molecular weight is 259 g/mol. The van der Waals surface area contributed by atoms with Crippen LogP contribution in [0.3, 0.4) is 0 Å². The molecule has 1 unspecified atom stereocenters. The van der Waals surface area contributed by atoms with E-state index in [4.69, 9.17) is 10.5 Å². The summed E-state index contributed by atoms with van der Waals surface area (Å²) in [5.41, 5.74) is 6.77. The molecule has 1 aliphatic heterocycles. The van der Waals surface area contributed by atoms with E-state index >= 15 is 0 Å². The summed E-state index contributed by atoms with van der Waals surface area (Å²) in [6.07, 6.45) is 4.33. The van der Waals surface area contributed by atoms with Gasteiger partial charge in [0.2, 0.25) is 5.91 Å². The van der Waals surface area contributed by atoms with Gasteiger partial charge in [-0.05, 0) is 6.07 Å². The fourth-order valence-electron chi connectivity index (χ4n) is 2.13. The molecular weight excluding hydrogens is 246 g/mol. The number of amides is 1. The lowest BCUT2D eigenvalue weighted by molar-refractivity contribution is -0.130. The zero-order valence-corrected chi connectivity index (χ0v) is 10.2. The molecule has 0 radical (unpaired) electrons. The van der Waals surface area contributed by atoms with Crippen LogP contribution in [0.15, 0.2) is 24.7 Å². The molecule has 1 fully saturated rings. The molecular formula is C12H13N5O2. The number of hydrogen-bond acceptors (Lipinski definition) is 6. The number of pyridine rings is 1. The summed E-state index contributed by atoms with van der Waals surface area (Å²) in [5.74, 6) is 0.246. The Balaban J connectivity index is 1.97. The Morgan fingerprint density at radius 3 is 3.00 bits per heavy atom. The SMILES string of the molecule is NC(=O)C1CN(c2nccc3nccnc23)CCO1. The van der Waals surface area contributed by atoms with Gasteiger partial charge in [-0.1, -0.05) is 0 Å². The molecule has 0 aliphatic carbocycles. The molecule has 2 N–H and O–H groups in total. The first-order chi connectivity index (χ1) is 9.25. The van der Waals surface area contributed by atoms with Crippen molar-refractivity contribution in [1.82, 2.24) is 15.0 Å². The molecule has 0 saturated carbocycles. The zero-order chi connectivity index (χ0) is 13.2. The van der Waals surface area contributed by atoms with Crippen LogP contribution in [-0.2, 0) is 9.53 Å². The minimum Gasteiger partial charge on any atom is -0.367 e. The van der Waals surface area contributed by atoms with Crippen molar-refractivity contribution < 1.29 is 9.53 Å². The topological polar surface area (TPSA) is 94.2 Å². The van der Waals surface area contributed by atoms with E-state index in [0.29, 0.717) is 25.5 Å². The van der Waals surface area contributed by atoms with Gasteiger partial charge in [0.1, 0.15) is 5.52 Å². The molecule has 0 bridgehead atoms. The van der Waals surface area contributed by atoms with E-state index < -0.39 is 12.0 Å². The molecule has 2 aromatic heterocycles. The Kier molecular flexibility index (Phi) is 2.96. The van der Waals surface area contributed by atoms with Crippen molar-refractivity contribution in [3.05, 3.63) is 24.7 Å². The maximum absolute atomic E-state index is 11.2. The number of hydrogen-bond donors (Lipinski definition) is 1. The van der Waals surface area contributed by atoms with Crippen molar-refractivity contribution in [1.29, 1.82) is 0 Å². The third-order valence-electron chi connectivity index (χ3n) is 3.05. The second-order valence-corrected chi connectivity index (χ2v) is 4.27. The number of morpholine rings is 1. The lowest BCUT2D eigenvalue weighted by Gasteiger charge is -2.32. The molecule has 7 heteroatoms. The monoisotopic (exact) mass is 259 g/mol. The molecule has 3 heterocycles. The van der Waals surface area contributed by atoms with Crippen molar-refractivity contribution in [2.24, 2.45) is 5.73 Å². The van der Waals surface area contributed by atoms with Crippen molar-refractivity contribution in [2.45, 2.75) is 6.10 Å². The molecule has 98 valence electrons. The third-order valence-corrected chi connectivity index (χ3v) is 3.05. The van der Waals surface area contributed by atoms with Crippen molar-refractivity contribution in [2.75, 3.05) is 24.6 Å². The van der Waals surface area contributed by atoms with Crippen molar-refractivity contribution in [3.63, 3.8) is 0 Å². The Labute approximate surface area is 109 Å². The summed E-state index contributed by atoms with van der Waals surface area (Å²) in [6, 6.07) is 1.80. The fourth-order valence-corrected chi connectivity index (χ4v) is 2.13. The Morgan fingerprint density at radius 2 is 2.16 bits per heavy atom. The van der Waals surface area contributed by atoms with Gasteiger partial charge in [-0.3, -0.25) is 9.78 Å². The normalized spacial score (nSPS) is 19.6. The largest absolute Gasteiger partial charge is 0.367 e. The van der Waals surface area contributed by atoms with Crippen molar-refractivity contribution >= 4 is 22.8 Å². The second-order valence-electron chi connectivity index (χ2n) is 4.27. The van der Waals surface area contributed by atoms with Crippen LogP contribution in [0.1, 0.15) is 0 Å². The van der Waals surface area contributed by atoms with Crippen LogP contribution < -0.4 is 10.6 Å². The number of fused-ring (bicyclic) bond motifs is 1. The van der Waals surface area contributed by atoms with Gasteiger partial charge >= 0.3 is 0 Å². The van der Waals surface area contributed by atoms with E-state index in [2.05, 4.69) is 15.0 Å². The summed E-state index contributed by atoms with van der Waals surface area (Å²) in [4.78, 5) is 26.1. The van der Waals surface area contributed by atoms with Gasteiger partial charge < -0.3 is 15.4 Å². The molecule has 0 aromatic carbocycles. The van der Waals surface area contributed by atoms with E-state index in [0.717, 1.165) is 11.0 Å². The molecule has 7 nitrogen and oxygen atoms in total. The van der Waals surface area contributed by atoms with E-state index in [1.165, 1.54) is 0 Å². The number of carbonyl (C=O) groups is 1. The van der Waals surface area contributed by atoms with Crippen LogP contribution in [0.25, 0.3) is 11.0 Å². The number of anilines is 1. The third kappa shape index (κ3) is 2.19. The van der Waals surface area contributed by atoms with Crippen molar-refractivity contribution in [3.8, 4) is 0 Å². The minimum atomic E-state index is -0.609. The summed E-state index contributed by atoms with van der Waals surface area (Å²) >= 11 is 0. The molecule has 2 aromatic rings. The van der Waals surface area contributed by atoms with Crippen LogP contribution in [0.4, 0.5) is 5.82 Å². The zero-order valence-electron chi connectivity index (χ0n) is 10.2. The number of ether oxygens (including phenoxy) is 1. The molecule has 0 spiro atoms. The maximum atomic E-state index is 11.2. The molecule has 1 saturated heterocycles. The van der Waals surface area contributed by atoms with Gasteiger partial charge in [0.25, 0.3) is 0 Å². The Morgan fingerprint density at radius 1 is 1.32 bits per heavy atom. The summed E-state index contributed by atoms with van der Waals surface area (Å²) in [7, 11) is 0.